The zero-order valence-electron chi connectivity index (χ0n) is 7.88. The van der Waals surface area contributed by atoms with E-state index in [9.17, 15) is 9.59 Å². The molecule has 0 bridgehead atoms. The molecule has 1 aromatic rings. The second-order valence-electron chi connectivity index (χ2n) is 3.14. The van der Waals surface area contributed by atoms with Crippen molar-refractivity contribution in [2.75, 3.05) is 0 Å². The minimum absolute atomic E-state index is 0.184. The van der Waals surface area contributed by atoms with Crippen LogP contribution in [-0.2, 0) is 4.79 Å². The molecule has 4 nitrogen and oxygen atoms in total. The molecule has 1 aromatic carbocycles. The average molecular weight is 257 g/mol. The first-order valence-electron chi connectivity index (χ1n) is 4.35. The normalized spacial score (nSPS) is 17.5. The summed E-state index contributed by atoms with van der Waals surface area (Å²) in [7, 11) is 0. The predicted octanol–water partition coefficient (Wildman–Crippen LogP) is 2.17. The molecule has 0 unspecified atom stereocenters. The third-order valence-electron chi connectivity index (χ3n) is 1.97. The molecule has 0 atom stereocenters. The van der Waals surface area contributed by atoms with Gasteiger partial charge in [0.05, 0.1) is 10.0 Å². The summed E-state index contributed by atoms with van der Waals surface area (Å²) in [6.07, 6.45) is 1.52. The number of hydrogen-bond donors (Lipinski definition) is 2. The quantitative estimate of drug-likeness (QED) is 0.598. The van der Waals surface area contributed by atoms with Gasteiger partial charge >= 0.3 is 6.03 Å². The Morgan fingerprint density at radius 1 is 1.06 bits per heavy atom. The van der Waals surface area contributed by atoms with Gasteiger partial charge in [-0.1, -0.05) is 29.3 Å². The smallest absolute Gasteiger partial charge is 0.303 e. The van der Waals surface area contributed by atoms with E-state index in [1.54, 1.807) is 18.2 Å². The topological polar surface area (TPSA) is 58.2 Å². The molecular weight excluding hydrogens is 251 g/mol. The van der Waals surface area contributed by atoms with Crippen molar-refractivity contribution in [1.82, 2.24) is 10.6 Å². The first-order valence-corrected chi connectivity index (χ1v) is 5.11. The Morgan fingerprint density at radius 3 is 2.38 bits per heavy atom. The van der Waals surface area contributed by atoms with E-state index in [-0.39, 0.29) is 5.70 Å². The highest BCUT2D eigenvalue weighted by Crippen LogP contribution is 2.23. The zero-order valence-corrected chi connectivity index (χ0v) is 9.39. The minimum Gasteiger partial charge on any atom is -0.303 e. The van der Waals surface area contributed by atoms with Crippen LogP contribution in [-0.4, -0.2) is 11.9 Å². The first-order chi connectivity index (χ1) is 7.56. The summed E-state index contributed by atoms with van der Waals surface area (Å²) < 4.78 is 0. The fraction of sp³-hybridized carbons (Fsp3) is 0. The van der Waals surface area contributed by atoms with E-state index < -0.39 is 11.9 Å². The summed E-state index contributed by atoms with van der Waals surface area (Å²) in [5, 5.41) is 5.29. The van der Waals surface area contributed by atoms with E-state index in [1.165, 1.54) is 6.08 Å². The predicted molar refractivity (Wildman–Crippen MR) is 61.1 cm³/mol. The SMILES string of the molecule is O=C1NC(=O)/C(=C/c2ccc(Cl)c(Cl)c2)N1. The molecule has 0 radical (unpaired) electrons. The van der Waals surface area contributed by atoms with Crippen molar-refractivity contribution in [3.8, 4) is 0 Å². The van der Waals surface area contributed by atoms with Crippen molar-refractivity contribution in [2.45, 2.75) is 0 Å². The van der Waals surface area contributed by atoms with Crippen molar-refractivity contribution in [3.05, 3.63) is 39.5 Å². The lowest BCUT2D eigenvalue weighted by molar-refractivity contribution is -0.115. The lowest BCUT2D eigenvalue weighted by Gasteiger charge is -1.98. The van der Waals surface area contributed by atoms with Crippen LogP contribution in [0, 0.1) is 0 Å². The van der Waals surface area contributed by atoms with Gasteiger partial charge in [0.25, 0.3) is 5.91 Å². The number of rotatable bonds is 1. The zero-order chi connectivity index (χ0) is 11.7. The maximum absolute atomic E-state index is 11.2. The molecule has 2 N–H and O–H groups in total. The van der Waals surface area contributed by atoms with Gasteiger partial charge in [0, 0.05) is 0 Å². The van der Waals surface area contributed by atoms with Gasteiger partial charge in [-0.2, -0.15) is 0 Å². The van der Waals surface area contributed by atoms with Gasteiger partial charge in [-0.05, 0) is 23.8 Å². The Labute approximate surface area is 101 Å². The van der Waals surface area contributed by atoms with Gasteiger partial charge in [-0.3, -0.25) is 10.1 Å². The molecule has 1 saturated heterocycles. The molecule has 1 fully saturated rings. The van der Waals surface area contributed by atoms with Gasteiger partial charge in [0.15, 0.2) is 0 Å². The Bertz CT molecular complexity index is 512. The summed E-state index contributed by atoms with van der Waals surface area (Å²) in [6, 6.07) is 4.38. The molecule has 0 aromatic heterocycles. The highest BCUT2D eigenvalue weighted by molar-refractivity contribution is 6.42. The molecule has 2 rings (SSSR count). The lowest BCUT2D eigenvalue weighted by Crippen LogP contribution is -2.22. The number of hydrogen-bond acceptors (Lipinski definition) is 2. The molecule has 6 heteroatoms. The van der Waals surface area contributed by atoms with Crippen LogP contribution in [0.3, 0.4) is 0 Å². The fourth-order valence-electron chi connectivity index (χ4n) is 1.25. The van der Waals surface area contributed by atoms with Gasteiger partial charge in [-0.25, -0.2) is 4.79 Å². The number of imide groups is 1. The maximum atomic E-state index is 11.2. The molecule has 1 aliphatic rings. The number of amides is 3. The lowest BCUT2D eigenvalue weighted by atomic mass is 10.2. The summed E-state index contributed by atoms with van der Waals surface area (Å²) in [5.74, 6) is -0.462. The largest absolute Gasteiger partial charge is 0.326 e. The van der Waals surface area contributed by atoms with Gasteiger partial charge < -0.3 is 5.32 Å². The maximum Gasteiger partial charge on any atom is 0.326 e. The van der Waals surface area contributed by atoms with Crippen LogP contribution >= 0.6 is 23.2 Å². The average Bonchev–Trinajstić information content (AvgIpc) is 2.51. The fourth-order valence-corrected chi connectivity index (χ4v) is 1.56. The van der Waals surface area contributed by atoms with E-state index in [0.717, 1.165) is 0 Å². The van der Waals surface area contributed by atoms with Crippen molar-refractivity contribution in [1.29, 1.82) is 0 Å². The first kappa shape index (κ1) is 11.0. The molecule has 1 aliphatic heterocycles. The van der Waals surface area contributed by atoms with Crippen LogP contribution in [0.5, 0.6) is 0 Å². The van der Waals surface area contributed by atoms with Crippen LogP contribution < -0.4 is 10.6 Å². The number of benzene rings is 1. The summed E-state index contributed by atoms with van der Waals surface area (Å²) >= 11 is 11.6. The van der Waals surface area contributed by atoms with E-state index in [0.29, 0.717) is 15.6 Å². The molecule has 82 valence electrons. The van der Waals surface area contributed by atoms with Crippen LogP contribution in [0.1, 0.15) is 5.56 Å². The van der Waals surface area contributed by atoms with Gasteiger partial charge in [0.1, 0.15) is 5.70 Å². The number of halogens is 2. The van der Waals surface area contributed by atoms with Crippen LogP contribution in [0.2, 0.25) is 10.0 Å². The highest BCUT2D eigenvalue weighted by atomic mass is 35.5. The second-order valence-corrected chi connectivity index (χ2v) is 3.95. The van der Waals surface area contributed by atoms with Crippen LogP contribution in [0.25, 0.3) is 6.08 Å². The van der Waals surface area contributed by atoms with Crippen molar-refractivity contribution in [2.24, 2.45) is 0 Å². The van der Waals surface area contributed by atoms with E-state index in [1.807, 2.05) is 0 Å². The Morgan fingerprint density at radius 2 is 1.81 bits per heavy atom. The van der Waals surface area contributed by atoms with Crippen molar-refractivity contribution >= 4 is 41.2 Å². The molecule has 1 heterocycles. The third kappa shape index (κ3) is 2.18. The molecule has 0 aliphatic carbocycles. The minimum atomic E-state index is -0.531. The molecule has 3 amide bonds. The Hall–Kier alpha value is -1.52. The van der Waals surface area contributed by atoms with E-state index >= 15 is 0 Å². The van der Waals surface area contributed by atoms with Crippen molar-refractivity contribution in [3.63, 3.8) is 0 Å². The number of carbonyl (C=O) groups excluding carboxylic acids is 2. The number of urea groups is 1. The molecule has 0 saturated carbocycles. The Kier molecular flexibility index (Phi) is 2.85. The van der Waals surface area contributed by atoms with Gasteiger partial charge in [0.2, 0.25) is 0 Å². The monoisotopic (exact) mass is 256 g/mol. The highest BCUT2D eigenvalue weighted by Gasteiger charge is 2.22. The van der Waals surface area contributed by atoms with Crippen molar-refractivity contribution < 1.29 is 9.59 Å². The number of nitrogens with one attached hydrogen (secondary N) is 2. The number of carbonyl (C=O) groups is 2. The summed E-state index contributed by atoms with van der Waals surface area (Å²) in [6.45, 7) is 0. The summed E-state index contributed by atoms with van der Waals surface area (Å²) in [5.41, 5.74) is 0.866. The second kappa shape index (κ2) is 4.15. The molecule has 16 heavy (non-hydrogen) atoms. The van der Waals surface area contributed by atoms with Crippen LogP contribution in [0.4, 0.5) is 4.79 Å². The molecule has 0 spiro atoms. The third-order valence-corrected chi connectivity index (χ3v) is 2.71. The molecular formula is C10H6Cl2N2O2. The van der Waals surface area contributed by atoms with Crippen LogP contribution in [0.15, 0.2) is 23.9 Å². The summed E-state index contributed by atoms with van der Waals surface area (Å²) in [4.78, 5) is 22.1. The Balaban J connectivity index is 2.32. The standard InChI is InChI=1S/C10H6Cl2N2O2/c11-6-2-1-5(3-7(6)12)4-8-9(15)14-10(16)13-8/h1-4H,(H2,13,14,15,16)/b8-4-. The van der Waals surface area contributed by atoms with Gasteiger partial charge in [-0.15, -0.1) is 0 Å². The van der Waals surface area contributed by atoms with E-state index in [2.05, 4.69) is 10.6 Å². The van der Waals surface area contributed by atoms with E-state index in [4.69, 9.17) is 23.2 Å².